The predicted molar refractivity (Wildman–Crippen MR) is 90.7 cm³/mol. The maximum atomic E-state index is 13.1. The van der Waals surface area contributed by atoms with Gasteiger partial charge in [-0.05, 0) is 37.4 Å². The van der Waals surface area contributed by atoms with Gasteiger partial charge in [0.15, 0.2) is 0 Å². The van der Waals surface area contributed by atoms with E-state index in [-0.39, 0.29) is 5.56 Å². The maximum Gasteiger partial charge on any atom is 0.265 e. The molecular formula is C19H13N3O. The molecule has 0 bridgehead atoms. The zero-order valence-corrected chi connectivity index (χ0v) is 12.8. The number of pyridine rings is 3. The van der Waals surface area contributed by atoms with E-state index in [4.69, 9.17) is 0 Å². The highest BCUT2D eigenvalue weighted by Gasteiger charge is 2.16. The molecule has 4 heteroatoms. The molecule has 4 aromatic rings. The standard InChI is InChI=1S/C19H13N3O/c1-11-9-14-15(10-20)17-8-7-13-5-3-4-6-16(13)22(17)19(23)18(14)12(2)21-11/h3-9H,1-2H3. The predicted octanol–water partition coefficient (Wildman–Crippen LogP) is 3.49. The summed E-state index contributed by atoms with van der Waals surface area (Å²) in [5.41, 5.74) is 3.27. The highest BCUT2D eigenvalue weighted by Crippen LogP contribution is 2.25. The third kappa shape index (κ3) is 1.77. The first kappa shape index (κ1) is 13.5. The summed E-state index contributed by atoms with van der Waals surface area (Å²) in [4.78, 5) is 17.5. The summed E-state index contributed by atoms with van der Waals surface area (Å²) in [5.74, 6) is 0. The maximum absolute atomic E-state index is 13.1. The van der Waals surface area contributed by atoms with E-state index in [1.165, 1.54) is 0 Å². The van der Waals surface area contributed by atoms with Crippen LogP contribution in [-0.4, -0.2) is 9.38 Å². The number of hydrogen-bond donors (Lipinski definition) is 0. The third-order valence-electron chi connectivity index (χ3n) is 4.22. The lowest BCUT2D eigenvalue weighted by Crippen LogP contribution is -2.17. The van der Waals surface area contributed by atoms with Crippen molar-refractivity contribution in [2.24, 2.45) is 0 Å². The second kappa shape index (κ2) is 4.65. The van der Waals surface area contributed by atoms with Crippen LogP contribution in [0, 0.1) is 25.2 Å². The van der Waals surface area contributed by atoms with Gasteiger partial charge in [0, 0.05) is 11.1 Å². The van der Waals surface area contributed by atoms with Gasteiger partial charge in [-0.1, -0.05) is 24.3 Å². The minimum atomic E-state index is -0.129. The van der Waals surface area contributed by atoms with Crippen molar-refractivity contribution in [2.75, 3.05) is 0 Å². The Morgan fingerprint density at radius 3 is 2.65 bits per heavy atom. The molecular weight excluding hydrogens is 286 g/mol. The van der Waals surface area contributed by atoms with Crippen molar-refractivity contribution in [1.82, 2.24) is 9.38 Å². The van der Waals surface area contributed by atoms with E-state index in [1.54, 1.807) is 4.40 Å². The molecule has 0 spiro atoms. The third-order valence-corrected chi connectivity index (χ3v) is 4.22. The van der Waals surface area contributed by atoms with Crippen LogP contribution in [0.2, 0.25) is 0 Å². The second-order valence-corrected chi connectivity index (χ2v) is 5.68. The van der Waals surface area contributed by atoms with E-state index >= 15 is 0 Å². The molecule has 0 amide bonds. The molecule has 0 radical (unpaired) electrons. The lowest BCUT2D eigenvalue weighted by molar-refractivity contribution is 1.11. The Labute approximate surface area is 132 Å². The van der Waals surface area contributed by atoms with Crippen LogP contribution >= 0.6 is 0 Å². The van der Waals surface area contributed by atoms with Crippen molar-refractivity contribution < 1.29 is 0 Å². The van der Waals surface area contributed by atoms with Crippen LogP contribution in [-0.2, 0) is 0 Å². The SMILES string of the molecule is Cc1cc2c(C#N)c3ccc4ccccc4n3c(=O)c2c(C)n1. The number of nitriles is 1. The van der Waals surface area contributed by atoms with Crippen molar-refractivity contribution in [3.63, 3.8) is 0 Å². The molecule has 110 valence electrons. The van der Waals surface area contributed by atoms with Gasteiger partial charge in [-0.25, -0.2) is 0 Å². The Balaban J connectivity index is 2.44. The minimum Gasteiger partial charge on any atom is -0.275 e. The zero-order chi connectivity index (χ0) is 16.1. The summed E-state index contributed by atoms with van der Waals surface area (Å²) >= 11 is 0. The van der Waals surface area contributed by atoms with Crippen molar-refractivity contribution in [2.45, 2.75) is 13.8 Å². The topological polar surface area (TPSA) is 58.2 Å². The van der Waals surface area contributed by atoms with Crippen molar-refractivity contribution >= 4 is 27.2 Å². The fourth-order valence-corrected chi connectivity index (χ4v) is 3.28. The molecule has 23 heavy (non-hydrogen) atoms. The van der Waals surface area contributed by atoms with E-state index in [0.29, 0.717) is 27.5 Å². The van der Waals surface area contributed by atoms with Crippen LogP contribution < -0.4 is 5.56 Å². The quantitative estimate of drug-likeness (QED) is 0.369. The Morgan fingerprint density at radius 1 is 1.09 bits per heavy atom. The lowest BCUT2D eigenvalue weighted by Gasteiger charge is -2.12. The average Bonchev–Trinajstić information content (AvgIpc) is 2.54. The average molecular weight is 299 g/mol. The van der Waals surface area contributed by atoms with Gasteiger partial charge < -0.3 is 0 Å². The van der Waals surface area contributed by atoms with Crippen LogP contribution in [0.3, 0.4) is 0 Å². The van der Waals surface area contributed by atoms with E-state index in [1.807, 2.05) is 56.3 Å². The first-order chi connectivity index (χ1) is 11.1. The van der Waals surface area contributed by atoms with Crippen LogP contribution in [0.5, 0.6) is 0 Å². The van der Waals surface area contributed by atoms with Crippen molar-refractivity contribution in [1.29, 1.82) is 5.26 Å². The van der Waals surface area contributed by atoms with Crippen LogP contribution in [0.1, 0.15) is 17.0 Å². The number of nitrogens with zero attached hydrogens (tertiary/aromatic N) is 3. The lowest BCUT2D eigenvalue weighted by atomic mass is 10.0. The molecule has 0 atom stereocenters. The monoisotopic (exact) mass is 299 g/mol. The van der Waals surface area contributed by atoms with Crippen molar-refractivity contribution in [3.8, 4) is 6.07 Å². The van der Waals surface area contributed by atoms with Crippen LogP contribution in [0.4, 0.5) is 0 Å². The summed E-state index contributed by atoms with van der Waals surface area (Å²) in [5, 5.41) is 11.8. The first-order valence-electron chi connectivity index (χ1n) is 7.36. The van der Waals surface area contributed by atoms with Crippen LogP contribution in [0.15, 0.2) is 47.3 Å². The number of benzene rings is 1. The Hall–Kier alpha value is -3.19. The summed E-state index contributed by atoms with van der Waals surface area (Å²) < 4.78 is 1.63. The van der Waals surface area contributed by atoms with E-state index in [9.17, 15) is 10.1 Å². The Kier molecular flexibility index (Phi) is 2.73. The van der Waals surface area contributed by atoms with Gasteiger partial charge in [0.2, 0.25) is 0 Å². The van der Waals surface area contributed by atoms with Gasteiger partial charge >= 0.3 is 0 Å². The highest BCUT2D eigenvalue weighted by molar-refractivity contribution is 5.97. The van der Waals surface area contributed by atoms with E-state index < -0.39 is 0 Å². The van der Waals surface area contributed by atoms with Gasteiger partial charge in [0.1, 0.15) is 6.07 Å². The molecule has 0 aliphatic heterocycles. The normalized spacial score (nSPS) is 11.2. The van der Waals surface area contributed by atoms with Gasteiger partial charge in [-0.15, -0.1) is 0 Å². The van der Waals surface area contributed by atoms with E-state index in [0.717, 1.165) is 16.6 Å². The Morgan fingerprint density at radius 2 is 1.87 bits per heavy atom. The molecule has 4 rings (SSSR count). The number of aryl methyl sites for hydroxylation is 2. The summed E-state index contributed by atoms with van der Waals surface area (Å²) in [6, 6.07) is 15.5. The molecule has 3 heterocycles. The number of rotatable bonds is 0. The minimum absolute atomic E-state index is 0.129. The van der Waals surface area contributed by atoms with Gasteiger partial charge in [-0.2, -0.15) is 5.26 Å². The number of fused-ring (bicyclic) bond motifs is 4. The summed E-state index contributed by atoms with van der Waals surface area (Å²) in [6.45, 7) is 3.69. The summed E-state index contributed by atoms with van der Waals surface area (Å²) in [6.07, 6.45) is 0. The van der Waals surface area contributed by atoms with E-state index in [2.05, 4.69) is 11.1 Å². The number of hydrogen-bond acceptors (Lipinski definition) is 3. The number of para-hydroxylation sites is 1. The largest absolute Gasteiger partial charge is 0.275 e. The smallest absolute Gasteiger partial charge is 0.265 e. The van der Waals surface area contributed by atoms with Crippen LogP contribution in [0.25, 0.3) is 27.2 Å². The Bertz CT molecular complexity index is 1210. The molecule has 0 N–H and O–H groups in total. The number of aromatic nitrogens is 2. The molecule has 4 nitrogen and oxygen atoms in total. The summed E-state index contributed by atoms with van der Waals surface area (Å²) in [7, 11) is 0. The first-order valence-corrected chi connectivity index (χ1v) is 7.36. The molecule has 0 aliphatic rings. The highest BCUT2D eigenvalue weighted by atomic mass is 16.1. The molecule has 0 saturated carbocycles. The van der Waals surface area contributed by atoms with Gasteiger partial charge in [0.05, 0.1) is 27.7 Å². The second-order valence-electron chi connectivity index (χ2n) is 5.68. The molecule has 0 unspecified atom stereocenters. The zero-order valence-electron chi connectivity index (χ0n) is 12.8. The van der Waals surface area contributed by atoms with Gasteiger partial charge in [-0.3, -0.25) is 14.2 Å². The molecule has 3 aromatic heterocycles. The fraction of sp³-hybridized carbons (Fsp3) is 0.105. The fourth-order valence-electron chi connectivity index (χ4n) is 3.28. The molecule has 0 fully saturated rings. The molecule has 0 saturated heterocycles. The molecule has 0 aliphatic carbocycles. The molecule has 1 aromatic carbocycles. The van der Waals surface area contributed by atoms with Crippen molar-refractivity contribution in [3.05, 3.63) is 69.8 Å². The van der Waals surface area contributed by atoms with Gasteiger partial charge in [0.25, 0.3) is 5.56 Å².